The van der Waals surface area contributed by atoms with Crippen molar-refractivity contribution in [3.05, 3.63) is 23.8 Å². The summed E-state index contributed by atoms with van der Waals surface area (Å²) < 4.78 is 16.1. The van der Waals surface area contributed by atoms with Gasteiger partial charge in [-0.3, -0.25) is 9.59 Å². The van der Waals surface area contributed by atoms with Crippen molar-refractivity contribution in [1.82, 2.24) is 9.80 Å². The first kappa shape index (κ1) is 18.5. The molecule has 1 atom stereocenters. The molecule has 2 heterocycles. The molecule has 1 unspecified atom stereocenters. The van der Waals surface area contributed by atoms with Crippen LogP contribution in [-0.4, -0.2) is 74.7 Å². The lowest BCUT2D eigenvalue weighted by atomic mass is 10.1. The third-order valence-electron chi connectivity index (χ3n) is 4.98. The van der Waals surface area contributed by atoms with Crippen molar-refractivity contribution in [3.63, 3.8) is 0 Å². The summed E-state index contributed by atoms with van der Waals surface area (Å²) in [6.07, 6.45) is 1.70. The Bertz CT molecular complexity index is 649. The zero-order valence-electron chi connectivity index (χ0n) is 15.4. The van der Waals surface area contributed by atoms with Crippen LogP contribution in [0.1, 0.15) is 18.4 Å². The Hall–Kier alpha value is -2.28. The number of nitrogens with zero attached hydrogens (tertiary/aromatic N) is 2. The molecule has 1 aromatic rings. The number of methoxy groups -OCH3 is 2. The van der Waals surface area contributed by atoms with Gasteiger partial charge in [0, 0.05) is 38.3 Å². The van der Waals surface area contributed by atoms with E-state index in [1.165, 1.54) is 0 Å². The molecular formula is C19H26N2O5. The summed E-state index contributed by atoms with van der Waals surface area (Å²) in [7, 11) is 3.18. The van der Waals surface area contributed by atoms with E-state index >= 15 is 0 Å². The van der Waals surface area contributed by atoms with Crippen molar-refractivity contribution in [2.75, 3.05) is 47.0 Å². The predicted octanol–water partition coefficient (Wildman–Crippen LogP) is 1.10. The number of amides is 2. The highest BCUT2D eigenvalue weighted by atomic mass is 16.5. The van der Waals surface area contributed by atoms with E-state index in [-0.39, 0.29) is 24.3 Å². The Balaban J connectivity index is 1.56. The van der Waals surface area contributed by atoms with Gasteiger partial charge in [0.05, 0.1) is 20.6 Å². The van der Waals surface area contributed by atoms with Gasteiger partial charge in [0.2, 0.25) is 5.91 Å². The van der Waals surface area contributed by atoms with Crippen LogP contribution in [0, 0.1) is 0 Å². The number of hydrogen-bond donors (Lipinski definition) is 0. The molecule has 2 saturated heterocycles. The Morgan fingerprint density at radius 3 is 2.46 bits per heavy atom. The van der Waals surface area contributed by atoms with Crippen LogP contribution in [0.15, 0.2) is 18.2 Å². The maximum atomic E-state index is 12.7. The molecule has 3 rings (SSSR count). The van der Waals surface area contributed by atoms with Crippen molar-refractivity contribution < 1.29 is 23.8 Å². The smallest absolute Gasteiger partial charge is 0.251 e. The van der Waals surface area contributed by atoms with Gasteiger partial charge in [-0.15, -0.1) is 0 Å². The maximum absolute atomic E-state index is 12.7. The maximum Gasteiger partial charge on any atom is 0.251 e. The SMILES string of the molecule is COc1ccc(OC)c(CC(=O)N2CCN(C(=O)C3CCCO3)CC2)c1. The van der Waals surface area contributed by atoms with Gasteiger partial charge in [-0.05, 0) is 31.0 Å². The minimum atomic E-state index is -0.293. The fourth-order valence-corrected chi connectivity index (χ4v) is 3.45. The van der Waals surface area contributed by atoms with E-state index in [1.54, 1.807) is 25.2 Å². The van der Waals surface area contributed by atoms with Crippen molar-refractivity contribution in [3.8, 4) is 11.5 Å². The monoisotopic (exact) mass is 362 g/mol. The largest absolute Gasteiger partial charge is 0.497 e. The van der Waals surface area contributed by atoms with Gasteiger partial charge >= 0.3 is 0 Å². The van der Waals surface area contributed by atoms with E-state index in [0.29, 0.717) is 44.3 Å². The van der Waals surface area contributed by atoms with E-state index < -0.39 is 0 Å². The molecule has 7 heteroatoms. The second-order valence-electron chi connectivity index (χ2n) is 6.56. The van der Waals surface area contributed by atoms with Gasteiger partial charge < -0.3 is 24.0 Å². The summed E-state index contributed by atoms with van der Waals surface area (Å²) in [5.41, 5.74) is 0.801. The number of benzene rings is 1. The first-order valence-electron chi connectivity index (χ1n) is 9.01. The van der Waals surface area contributed by atoms with E-state index in [4.69, 9.17) is 14.2 Å². The first-order valence-corrected chi connectivity index (χ1v) is 9.01. The second-order valence-corrected chi connectivity index (χ2v) is 6.56. The quantitative estimate of drug-likeness (QED) is 0.785. The number of rotatable bonds is 5. The molecule has 0 saturated carbocycles. The molecule has 1 aromatic carbocycles. The van der Waals surface area contributed by atoms with E-state index in [9.17, 15) is 9.59 Å². The van der Waals surface area contributed by atoms with Crippen molar-refractivity contribution >= 4 is 11.8 Å². The topological polar surface area (TPSA) is 68.3 Å². The van der Waals surface area contributed by atoms with Crippen LogP contribution >= 0.6 is 0 Å². The summed E-state index contributed by atoms with van der Waals surface area (Å²) in [5.74, 6) is 1.46. The van der Waals surface area contributed by atoms with Gasteiger partial charge in [-0.2, -0.15) is 0 Å². The summed E-state index contributed by atoms with van der Waals surface area (Å²) in [5, 5.41) is 0. The molecule has 0 aromatic heterocycles. The fraction of sp³-hybridized carbons (Fsp3) is 0.579. The molecule has 0 spiro atoms. The summed E-state index contributed by atoms with van der Waals surface area (Å²) in [6, 6.07) is 5.44. The van der Waals surface area contributed by atoms with E-state index in [1.807, 2.05) is 17.0 Å². The molecule has 142 valence electrons. The standard InChI is InChI=1S/C19H26N2O5/c1-24-15-5-6-16(25-2)14(12-15)13-18(22)20-7-9-21(10-8-20)19(23)17-4-3-11-26-17/h5-6,12,17H,3-4,7-11,13H2,1-2H3. The molecule has 2 fully saturated rings. The molecule has 0 bridgehead atoms. The second kappa shape index (κ2) is 8.40. The van der Waals surface area contributed by atoms with Gasteiger partial charge in [-0.1, -0.05) is 0 Å². The van der Waals surface area contributed by atoms with Crippen LogP contribution in [0.4, 0.5) is 0 Å². The van der Waals surface area contributed by atoms with E-state index in [0.717, 1.165) is 18.4 Å². The Morgan fingerprint density at radius 2 is 1.85 bits per heavy atom. The Morgan fingerprint density at radius 1 is 1.12 bits per heavy atom. The Labute approximate surface area is 153 Å². The highest BCUT2D eigenvalue weighted by Gasteiger charge is 2.31. The number of carbonyl (C=O) groups excluding carboxylic acids is 2. The normalized spacial score (nSPS) is 20.2. The summed E-state index contributed by atoms with van der Waals surface area (Å²) in [4.78, 5) is 28.7. The molecule has 0 N–H and O–H groups in total. The molecule has 2 aliphatic heterocycles. The molecule has 26 heavy (non-hydrogen) atoms. The van der Waals surface area contributed by atoms with Crippen LogP contribution < -0.4 is 9.47 Å². The molecule has 7 nitrogen and oxygen atoms in total. The van der Waals surface area contributed by atoms with Gasteiger partial charge in [0.1, 0.15) is 17.6 Å². The van der Waals surface area contributed by atoms with Crippen molar-refractivity contribution in [1.29, 1.82) is 0 Å². The van der Waals surface area contributed by atoms with Crippen molar-refractivity contribution in [2.45, 2.75) is 25.4 Å². The fourth-order valence-electron chi connectivity index (χ4n) is 3.45. The Kier molecular flexibility index (Phi) is 5.98. The average Bonchev–Trinajstić information content (AvgIpc) is 3.22. The third-order valence-corrected chi connectivity index (χ3v) is 4.98. The zero-order valence-corrected chi connectivity index (χ0v) is 15.4. The summed E-state index contributed by atoms with van der Waals surface area (Å²) in [6.45, 7) is 2.86. The number of piperazine rings is 1. The van der Waals surface area contributed by atoms with Crippen LogP contribution in [0.3, 0.4) is 0 Å². The molecular weight excluding hydrogens is 336 g/mol. The minimum absolute atomic E-state index is 0.0285. The first-order chi connectivity index (χ1) is 12.6. The highest BCUT2D eigenvalue weighted by Crippen LogP contribution is 2.25. The number of ether oxygens (including phenoxy) is 3. The van der Waals surface area contributed by atoms with Gasteiger partial charge in [0.25, 0.3) is 5.91 Å². The average molecular weight is 362 g/mol. The van der Waals surface area contributed by atoms with Crippen LogP contribution in [-0.2, 0) is 20.7 Å². The van der Waals surface area contributed by atoms with Crippen LogP contribution in [0.25, 0.3) is 0 Å². The molecule has 2 aliphatic rings. The van der Waals surface area contributed by atoms with E-state index in [2.05, 4.69) is 0 Å². The lowest BCUT2D eigenvalue weighted by Crippen LogP contribution is -2.53. The molecule has 2 amide bonds. The lowest BCUT2D eigenvalue weighted by molar-refractivity contribution is -0.145. The van der Waals surface area contributed by atoms with Crippen LogP contribution in [0.5, 0.6) is 11.5 Å². The lowest BCUT2D eigenvalue weighted by Gasteiger charge is -2.35. The predicted molar refractivity (Wildman–Crippen MR) is 95.4 cm³/mol. The van der Waals surface area contributed by atoms with Gasteiger partial charge in [-0.25, -0.2) is 0 Å². The molecule has 0 radical (unpaired) electrons. The summed E-state index contributed by atoms with van der Waals surface area (Å²) >= 11 is 0. The highest BCUT2D eigenvalue weighted by molar-refractivity contribution is 5.82. The zero-order chi connectivity index (χ0) is 18.5. The van der Waals surface area contributed by atoms with Crippen LogP contribution in [0.2, 0.25) is 0 Å². The number of carbonyl (C=O) groups is 2. The third kappa shape index (κ3) is 4.09. The van der Waals surface area contributed by atoms with Crippen molar-refractivity contribution in [2.24, 2.45) is 0 Å². The molecule has 0 aliphatic carbocycles. The van der Waals surface area contributed by atoms with Gasteiger partial charge in [0.15, 0.2) is 0 Å². The number of hydrogen-bond acceptors (Lipinski definition) is 5. The minimum Gasteiger partial charge on any atom is -0.497 e.